The van der Waals surface area contributed by atoms with Crippen LogP contribution < -0.4 is 65.9 Å². The lowest BCUT2D eigenvalue weighted by atomic mass is 9.98. The molecule has 0 unspecified atom stereocenters. The normalized spacial score (nSPS) is 14.5. The lowest BCUT2D eigenvalue weighted by Crippen LogP contribution is -2.60. The van der Waals surface area contributed by atoms with Crippen LogP contribution in [0.4, 0.5) is 0 Å². The van der Waals surface area contributed by atoms with Crippen LogP contribution in [0.5, 0.6) is 0 Å². The molecule has 23 heteroatoms. The molecule has 0 aromatic heterocycles. The van der Waals surface area contributed by atoms with Crippen LogP contribution in [0.3, 0.4) is 0 Å². The monoisotopic (exact) mass is 927 g/mol. The molecule has 23 nitrogen and oxygen atoms in total. The first-order valence-corrected chi connectivity index (χ1v) is 22.5. The van der Waals surface area contributed by atoms with Crippen molar-refractivity contribution in [3.8, 4) is 0 Å². The molecule has 0 aliphatic rings. The smallest absolute Gasteiger partial charge is 0.326 e. The number of hydrogen-bond acceptors (Lipinski definition) is 13. The van der Waals surface area contributed by atoms with Crippen molar-refractivity contribution in [3.63, 3.8) is 0 Å². The van der Waals surface area contributed by atoms with E-state index in [1.165, 1.54) is 0 Å². The first-order chi connectivity index (χ1) is 30.4. The summed E-state index contributed by atoms with van der Waals surface area (Å²) >= 11 is 0. The number of carboxylic acids is 1. The molecule has 0 aliphatic heterocycles. The highest BCUT2D eigenvalue weighted by molar-refractivity contribution is 5.97. The zero-order valence-electron chi connectivity index (χ0n) is 39.0. The summed E-state index contributed by atoms with van der Waals surface area (Å²) in [5.41, 5.74) is 27.2. The number of carbonyl (C=O) groups is 10. The fourth-order valence-corrected chi connectivity index (χ4v) is 6.62. The lowest BCUT2D eigenvalue weighted by molar-refractivity contribution is -0.142. The number of amides is 9. The quantitative estimate of drug-likeness (QED) is 0.0289. The first-order valence-electron chi connectivity index (χ1n) is 22.5. The topological polar surface area (TPSA) is 405 Å². The molecule has 0 aromatic rings. The average Bonchev–Trinajstić information content (AvgIpc) is 3.21. The number of carbonyl (C=O) groups excluding carboxylic acids is 9. The molecule has 7 atom stereocenters. The van der Waals surface area contributed by atoms with Crippen molar-refractivity contribution in [2.24, 2.45) is 46.4 Å². The predicted octanol–water partition coefficient (Wildman–Crippen LogP) is -2.65. The van der Waals surface area contributed by atoms with Gasteiger partial charge in [-0.1, -0.05) is 41.5 Å². The second-order valence-electron chi connectivity index (χ2n) is 17.5. The van der Waals surface area contributed by atoms with Gasteiger partial charge in [-0.05, 0) is 101 Å². The van der Waals surface area contributed by atoms with E-state index in [4.69, 9.17) is 28.7 Å². The maximum absolute atomic E-state index is 14.1. The average molecular weight is 927 g/mol. The van der Waals surface area contributed by atoms with E-state index >= 15 is 0 Å². The molecule has 0 fully saturated rings. The SMILES string of the molecule is CC(C)C[C@H](NC(=O)[C@H](CC(C)C)NC(=O)[C@H](CC(C)C)NC(=O)[C@H](CCC(N)=O)NC(=O)[C@H](CCC(N)=O)NC(=O)CN)C(=O)N[C@@H](CCCCN)C(=O)N[C@@H](CCCCN)C(=O)O. The van der Waals surface area contributed by atoms with E-state index in [-0.39, 0.29) is 75.5 Å². The fraction of sp³-hybridized carbons (Fsp3) is 0.762. The largest absolute Gasteiger partial charge is 0.480 e. The molecule has 0 heterocycles. The van der Waals surface area contributed by atoms with Crippen molar-refractivity contribution in [2.75, 3.05) is 19.6 Å². The van der Waals surface area contributed by atoms with E-state index in [1.807, 2.05) is 27.7 Å². The molecule has 65 heavy (non-hydrogen) atoms. The second-order valence-corrected chi connectivity index (χ2v) is 17.5. The molecule has 372 valence electrons. The van der Waals surface area contributed by atoms with Gasteiger partial charge in [0, 0.05) is 12.8 Å². The molecule has 9 amide bonds. The van der Waals surface area contributed by atoms with Crippen molar-refractivity contribution >= 4 is 59.1 Å². The standard InChI is InChI=1S/C42H78N12O11/c1-23(2)19-30(39(61)49-26(11-7-9-17-43)36(58)51-29(42(64)65)12-8-10-18-44)53-41(63)32(21-25(5)6)54-40(62)31(20-24(3)4)52-38(60)28(14-16-34(47)56)50-37(59)27(13-15-33(46)55)48-35(57)22-45/h23-32H,7-22,43-45H2,1-6H3,(H2,46,55)(H2,47,56)(H,48,57)(H,49,61)(H,50,59)(H,51,58)(H,52,60)(H,53,63)(H,54,62)(H,64,65)/t26-,27-,28-,29-,30-,31-,32-/m0/s1. The van der Waals surface area contributed by atoms with Crippen LogP contribution in [0.25, 0.3) is 0 Å². The Morgan fingerprint density at radius 1 is 0.400 bits per heavy atom. The van der Waals surface area contributed by atoms with Gasteiger partial charge in [0.25, 0.3) is 0 Å². The Morgan fingerprint density at radius 2 is 0.677 bits per heavy atom. The first kappa shape index (κ1) is 59.6. The van der Waals surface area contributed by atoms with Crippen LogP contribution in [-0.4, -0.2) is 126 Å². The van der Waals surface area contributed by atoms with Crippen molar-refractivity contribution < 1.29 is 53.1 Å². The summed E-state index contributed by atoms with van der Waals surface area (Å²) in [7, 11) is 0. The molecule has 0 aromatic carbocycles. The number of nitrogens with two attached hydrogens (primary N) is 5. The summed E-state index contributed by atoms with van der Waals surface area (Å²) < 4.78 is 0. The Hall–Kier alpha value is -5.42. The van der Waals surface area contributed by atoms with Gasteiger partial charge >= 0.3 is 5.97 Å². The summed E-state index contributed by atoms with van der Waals surface area (Å²) in [5, 5.41) is 27.8. The summed E-state index contributed by atoms with van der Waals surface area (Å²) in [6, 6.07) is -8.89. The predicted molar refractivity (Wildman–Crippen MR) is 241 cm³/mol. The molecule has 18 N–H and O–H groups in total. The Labute approximate surface area is 382 Å². The summed E-state index contributed by atoms with van der Waals surface area (Å²) in [4.78, 5) is 130. The van der Waals surface area contributed by atoms with Crippen molar-refractivity contribution in [3.05, 3.63) is 0 Å². The van der Waals surface area contributed by atoms with Gasteiger partial charge in [-0.15, -0.1) is 0 Å². The number of nitrogens with one attached hydrogen (secondary N) is 7. The van der Waals surface area contributed by atoms with Crippen molar-refractivity contribution in [1.29, 1.82) is 0 Å². The Bertz CT molecular complexity index is 1580. The van der Waals surface area contributed by atoms with E-state index < -0.39 is 108 Å². The Balaban J connectivity index is 6.55. The van der Waals surface area contributed by atoms with Gasteiger partial charge in [-0.3, -0.25) is 43.2 Å². The van der Waals surface area contributed by atoms with E-state index in [9.17, 15) is 53.1 Å². The number of rotatable bonds is 35. The van der Waals surface area contributed by atoms with Gasteiger partial charge in [-0.25, -0.2) is 4.79 Å². The molecule has 0 aliphatic carbocycles. The van der Waals surface area contributed by atoms with Gasteiger partial charge in [0.1, 0.15) is 42.3 Å². The zero-order valence-corrected chi connectivity index (χ0v) is 39.0. The fourth-order valence-electron chi connectivity index (χ4n) is 6.62. The minimum Gasteiger partial charge on any atom is -0.480 e. The summed E-state index contributed by atoms with van der Waals surface area (Å²) in [5.74, 6) is -8.77. The van der Waals surface area contributed by atoms with Gasteiger partial charge in [-0.2, -0.15) is 0 Å². The van der Waals surface area contributed by atoms with Gasteiger partial charge in [0.15, 0.2) is 0 Å². The number of aliphatic carboxylic acids is 1. The molecule has 0 saturated carbocycles. The molecular weight excluding hydrogens is 849 g/mol. The number of hydrogen-bond donors (Lipinski definition) is 13. The van der Waals surface area contributed by atoms with E-state index in [2.05, 4.69) is 37.2 Å². The van der Waals surface area contributed by atoms with Crippen molar-refractivity contribution in [2.45, 2.75) is 167 Å². The van der Waals surface area contributed by atoms with Gasteiger partial charge < -0.3 is 71.0 Å². The molecule has 0 bridgehead atoms. The summed E-state index contributed by atoms with van der Waals surface area (Å²) in [6.45, 7) is 11.0. The highest BCUT2D eigenvalue weighted by Crippen LogP contribution is 2.13. The Kier molecular flexibility index (Phi) is 29.6. The molecular formula is C42H78N12O11. The minimum atomic E-state index is -1.46. The van der Waals surface area contributed by atoms with Crippen LogP contribution in [0.1, 0.15) is 125 Å². The lowest BCUT2D eigenvalue weighted by Gasteiger charge is -2.29. The zero-order chi connectivity index (χ0) is 49.8. The molecule has 0 radical (unpaired) electrons. The van der Waals surface area contributed by atoms with Crippen LogP contribution >= 0.6 is 0 Å². The van der Waals surface area contributed by atoms with Gasteiger partial charge in [0.2, 0.25) is 53.2 Å². The minimum absolute atomic E-state index is 0.0552. The van der Waals surface area contributed by atoms with E-state index in [0.717, 1.165) is 0 Å². The van der Waals surface area contributed by atoms with Crippen LogP contribution in [0.15, 0.2) is 0 Å². The van der Waals surface area contributed by atoms with E-state index in [1.54, 1.807) is 13.8 Å². The molecule has 0 rings (SSSR count). The highest BCUT2D eigenvalue weighted by Gasteiger charge is 2.35. The van der Waals surface area contributed by atoms with E-state index in [0.29, 0.717) is 38.8 Å². The van der Waals surface area contributed by atoms with Crippen LogP contribution in [0.2, 0.25) is 0 Å². The third-order valence-corrected chi connectivity index (χ3v) is 9.99. The van der Waals surface area contributed by atoms with Crippen molar-refractivity contribution in [1.82, 2.24) is 37.2 Å². The summed E-state index contributed by atoms with van der Waals surface area (Å²) in [6.07, 6.45) is 1.29. The maximum Gasteiger partial charge on any atom is 0.326 e. The molecule has 0 spiro atoms. The van der Waals surface area contributed by atoms with Crippen LogP contribution in [0, 0.1) is 17.8 Å². The molecule has 0 saturated heterocycles. The third kappa shape index (κ3) is 26.2. The number of unbranched alkanes of at least 4 members (excludes halogenated alkanes) is 2. The maximum atomic E-state index is 14.1. The number of primary amides is 2. The highest BCUT2D eigenvalue weighted by atomic mass is 16.4. The van der Waals surface area contributed by atoms with Crippen LogP contribution in [-0.2, 0) is 47.9 Å². The Morgan fingerprint density at radius 3 is 0.969 bits per heavy atom. The second kappa shape index (κ2) is 32.3. The van der Waals surface area contributed by atoms with Gasteiger partial charge in [0.05, 0.1) is 6.54 Å². The third-order valence-electron chi connectivity index (χ3n) is 9.99. The number of carboxylic acid groups (broad SMARTS) is 1.